The molecule has 0 aromatic heterocycles. The molecule has 2 aliphatic rings. The summed E-state index contributed by atoms with van der Waals surface area (Å²) in [6.45, 7) is 4.88. The molecule has 30 heavy (non-hydrogen) atoms. The van der Waals surface area contributed by atoms with Crippen molar-refractivity contribution in [2.24, 2.45) is 16.6 Å². The zero-order valence-electron chi connectivity index (χ0n) is 17.7. The number of fused-ring (bicyclic) bond motifs is 1. The molecule has 2 aromatic carbocycles. The van der Waals surface area contributed by atoms with Crippen LogP contribution in [0.1, 0.15) is 41.5 Å². The van der Waals surface area contributed by atoms with Crippen LogP contribution in [-0.2, 0) is 24.1 Å². The molecule has 1 fully saturated rings. The van der Waals surface area contributed by atoms with Crippen LogP contribution in [-0.4, -0.2) is 25.8 Å². The van der Waals surface area contributed by atoms with Gasteiger partial charge in [0.2, 0.25) is 0 Å². The molecule has 1 saturated heterocycles. The average molecular weight is 521 g/mol. The minimum absolute atomic E-state index is 0. The van der Waals surface area contributed by atoms with Crippen LogP contribution in [0.3, 0.4) is 0 Å². The molecule has 3 N–H and O–H groups in total. The van der Waals surface area contributed by atoms with E-state index in [4.69, 9.17) is 15.2 Å². The smallest absolute Gasteiger partial charge is 0.193 e. The Morgan fingerprint density at radius 2 is 2.10 bits per heavy atom. The normalized spacial score (nSPS) is 18.4. The Morgan fingerprint density at radius 3 is 2.93 bits per heavy atom. The molecule has 6 heteroatoms. The topological polar surface area (TPSA) is 68.9 Å². The standard InChI is InChI=1S/C24H31N3O2.HI/c1-17-9-10-20(23(13-17)29-16-18-11-12-28-15-18)14-26-24(25)27-22-8-4-6-19-5-2-3-7-21(19)22;/h4,6,8-10,13,18H,2-3,5,7,11-12,14-16H2,1H3,(H3,25,26,27);1H. The first kappa shape index (κ1) is 22.9. The minimum Gasteiger partial charge on any atom is -0.493 e. The molecule has 0 radical (unpaired) electrons. The predicted molar refractivity (Wildman–Crippen MR) is 133 cm³/mol. The van der Waals surface area contributed by atoms with E-state index in [1.165, 1.54) is 29.5 Å². The highest BCUT2D eigenvalue weighted by molar-refractivity contribution is 14.0. The highest BCUT2D eigenvalue weighted by Crippen LogP contribution is 2.28. The number of nitrogens with two attached hydrogens (primary N) is 1. The molecule has 1 heterocycles. The number of halogens is 1. The lowest BCUT2D eigenvalue weighted by molar-refractivity contribution is 0.166. The number of anilines is 1. The SMILES string of the molecule is Cc1ccc(CN=C(N)Nc2cccc3c2CCCC3)c(OCC2CCOC2)c1.I. The molecule has 2 aromatic rings. The molecular formula is C24H32IN3O2. The number of rotatable bonds is 6. The third-order valence-electron chi connectivity index (χ3n) is 5.80. The van der Waals surface area contributed by atoms with Gasteiger partial charge in [0.05, 0.1) is 19.8 Å². The zero-order valence-corrected chi connectivity index (χ0v) is 20.0. The van der Waals surface area contributed by atoms with Crippen molar-refractivity contribution < 1.29 is 9.47 Å². The van der Waals surface area contributed by atoms with E-state index in [9.17, 15) is 0 Å². The van der Waals surface area contributed by atoms with Crippen molar-refractivity contribution in [2.75, 3.05) is 25.1 Å². The monoisotopic (exact) mass is 521 g/mol. The van der Waals surface area contributed by atoms with E-state index in [1.54, 1.807) is 0 Å². The van der Waals surface area contributed by atoms with E-state index in [-0.39, 0.29) is 24.0 Å². The van der Waals surface area contributed by atoms with Crippen molar-refractivity contribution in [3.63, 3.8) is 0 Å². The van der Waals surface area contributed by atoms with E-state index in [0.717, 1.165) is 49.5 Å². The first-order chi connectivity index (χ1) is 14.2. The van der Waals surface area contributed by atoms with E-state index < -0.39 is 0 Å². The van der Waals surface area contributed by atoms with Gasteiger partial charge in [0, 0.05) is 23.8 Å². The first-order valence-corrected chi connectivity index (χ1v) is 10.7. The molecule has 1 unspecified atom stereocenters. The van der Waals surface area contributed by atoms with Crippen LogP contribution in [0, 0.1) is 12.8 Å². The number of nitrogens with zero attached hydrogens (tertiary/aromatic N) is 1. The van der Waals surface area contributed by atoms with Crippen LogP contribution in [0.2, 0.25) is 0 Å². The van der Waals surface area contributed by atoms with Crippen LogP contribution in [0.4, 0.5) is 5.69 Å². The van der Waals surface area contributed by atoms with E-state index in [0.29, 0.717) is 25.0 Å². The molecule has 0 spiro atoms. The van der Waals surface area contributed by atoms with Crippen molar-refractivity contribution in [1.82, 2.24) is 0 Å². The van der Waals surface area contributed by atoms with Crippen LogP contribution in [0.25, 0.3) is 0 Å². The van der Waals surface area contributed by atoms with Gasteiger partial charge in [-0.2, -0.15) is 0 Å². The summed E-state index contributed by atoms with van der Waals surface area (Å²) in [5, 5.41) is 3.32. The number of hydrogen-bond acceptors (Lipinski definition) is 3. The fraction of sp³-hybridized carbons (Fsp3) is 0.458. The number of ether oxygens (including phenoxy) is 2. The van der Waals surface area contributed by atoms with E-state index in [1.807, 2.05) is 0 Å². The Hall–Kier alpha value is -1.80. The van der Waals surface area contributed by atoms with Gasteiger partial charge in [0.25, 0.3) is 0 Å². The summed E-state index contributed by atoms with van der Waals surface area (Å²) in [7, 11) is 0. The Bertz CT molecular complexity index is 879. The number of guanidine groups is 1. The maximum absolute atomic E-state index is 6.22. The summed E-state index contributed by atoms with van der Waals surface area (Å²) in [5.41, 5.74) is 12.4. The molecule has 162 valence electrons. The van der Waals surface area contributed by atoms with Crippen molar-refractivity contribution in [3.8, 4) is 5.75 Å². The maximum atomic E-state index is 6.22. The van der Waals surface area contributed by atoms with Gasteiger partial charge in [-0.3, -0.25) is 0 Å². The van der Waals surface area contributed by atoms with Gasteiger partial charge < -0.3 is 20.5 Å². The third-order valence-corrected chi connectivity index (χ3v) is 5.80. The Kier molecular flexibility index (Phi) is 8.39. The first-order valence-electron chi connectivity index (χ1n) is 10.7. The van der Waals surface area contributed by atoms with E-state index in [2.05, 4.69) is 53.6 Å². The summed E-state index contributed by atoms with van der Waals surface area (Å²) in [5.74, 6) is 1.81. The number of nitrogens with one attached hydrogen (secondary N) is 1. The number of aliphatic imine (C=N–C) groups is 1. The molecule has 0 amide bonds. The number of aryl methyl sites for hydroxylation is 2. The second kappa shape index (κ2) is 11.0. The number of hydrogen-bond donors (Lipinski definition) is 2. The molecule has 4 rings (SSSR count). The molecule has 0 bridgehead atoms. The van der Waals surface area contributed by atoms with Crippen LogP contribution >= 0.6 is 24.0 Å². The third kappa shape index (κ3) is 5.88. The largest absolute Gasteiger partial charge is 0.493 e. The summed E-state index contributed by atoms with van der Waals surface area (Å²) in [6, 6.07) is 12.7. The Labute approximate surface area is 196 Å². The molecule has 1 aliphatic heterocycles. The second-order valence-electron chi connectivity index (χ2n) is 8.13. The van der Waals surface area contributed by atoms with Gasteiger partial charge in [-0.15, -0.1) is 24.0 Å². The Morgan fingerprint density at radius 1 is 1.23 bits per heavy atom. The second-order valence-corrected chi connectivity index (χ2v) is 8.13. The maximum Gasteiger partial charge on any atom is 0.193 e. The molecule has 1 aliphatic carbocycles. The summed E-state index contributed by atoms with van der Waals surface area (Å²) < 4.78 is 11.6. The molecule has 0 saturated carbocycles. The lowest BCUT2D eigenvalue weighted by atomic mass is 9.90. The van der Waals surface area contributed by atoms with Gasteiger partial charge in [-0.25, -0.2) is 4.99 Å². The summed E-state index contributed by atoms with van der Waals surface area (Å²) >= 11 is 0. The fourth-order valence-electron chi connectivity index (χ4n) is 4.10. The lowest BCUT2D eigenvalue weighted by Gasteiger charge is -2.20. The number of benzene rings is 2. The van der Waals surface area contributed by atoms with Crippen molar-refractivity contribution in [1.29, 1.82) is 0 Å². The summed E-state index contributed by atoms with van der Waals surface area (Å²) in [4.78, 5) is 4.59. The van der Waals surface area contributed by atoms with Crippen LogP contribution in [0.5, 0.6) is 5.75 Å². The predicted octanol–water partition coefficient (Wildman–Crippen LogP) is 4.83. The van der Waals surface area contributed by atoms with Gasteiger partial charge in [-0.05, 0) is 67.9 Å². The highest BCUT2D eigenvalue weighted by atomic mass is 127. The summed E-state index contributed by atoms with van der Waals surface area (Å²) in [6.07, 6.45) is 5.82. The fourth-order valence-corrected chi connectivity index (χ4v) is 4.10. The Balaban J connectivity index is 0.00000256. The van der Waals surface area contributed by atoms with Gasteiger partial charge in [0.1, 0.15) is 5.75 Å². The molecule has 5 nitrogen and oxygen atoms in total. The van der Waals surface area contributed by atoms with Gasteiger partial charge in [-0.1, -0.05) is 24.3 Å². The quantitative estimate of drug-likeness (QED) is 0.325. The highest BCUT2D eigenvalue weighted by Gasteiger charge is 2.17. The molecule has 1 atom stereocenters. The van der Waals surface area contributed by atoms with Crippen molar-refractivity contribution >= 4 is 35.6 Å². The van der Waals surface area contributed by atoms with Crippen LogP contribution < -0.4 is 15.8 Å². The molecular weight excluding hydrogens is 489 g/mol. The van der Waals surface area contributed by atoms with Crippen LogP contribution in [0.15, 0.2) is 41.4 Å². The lowest BCUT2D eigenvalue weighted by Crippen LogP contribution is -2.24. The van der Waals surface area contributed by atoms with E-state index >= 15 is 0 Å². The zero-order chi connectivity index (χ0) is 20.1. The average Bonchev–Trinajstić information content (AvgIpc) is 3.25. The van der Waals surface area contributed by atoms with Crippen molar-refractivity contribution in [3.05, 3.63) is 58.7 Å². The van der Waals surface area contributed by atoms with Crippen molar-refractivity contribution in [2.45, 2.75) is 45.6 Å². The van der Waals surface area contributed by atoms with Gasteiger partial charge in [0.15, 0.2) is 5.96 Å². The minimum atomic E-state index is 0. The van der Waals surface area contributed by atoms with Gasteiger partial charge >= 0.3 is 0 Å².